The highest BCUT2D eigenvalue weighted by Gasteiger charge is 2.42. The van der Waals surface area contributed by atoms with Crippen LogP contribution in [0, 0.1) is 13.8 Å². The Morgan fingerprint density at radius 3 is 1.46 bits per heavy atom. The van der Waals surface area contributed by atoms with Crippen molar-refractivity contribution in [2.45, 2.75) is 149 Å². The Kier molecular flexibility index (Phi) is 13.9. The highest BCUT2D eigenvalue weighted by Crippen LogP contribution is 2.55. The first kappa shape index (κ1) is 39.6. The van der Waals surface area contributed by atoms with Gasteiger partial charge in [0.1, 0.15) is 0 Å². The van der Waals surface area contributed by atoms with Crippen molar-refractivity contribution in [2.75, 3.05) is 4.90 Å². The van der Waals surface area contributed by atoms with E-state index >= 15 is 0 Å². The fourth-order valence-corrected chi connectivity index (χ4v) is 9.00. The number of aryl methyl sites for hydroxylation is 2. The lowest BCUT2D eigenvalue weighted by Crippen LogP contribution is -2.25. The lowest BCUT2D eigenvalue weighted by molar-refractivity contribution is 0.398. The lowest BCUT2D eigenvalue weighted by Gasteiger charge is -2.33. The largest absolute Gasteiger partial charge is 0.311 e. The van der Waals surface area contributed by atoms with E-state index in [2.05, 4.69) is 156 Å². The highest BCUT2D eigenvalue weighted by atomic mass is 15.1. The van der Waals surface area contributed by atoms with Crippen LogP contribution in [-0.4, -0.2) is 0 Å². The van der Waals surface area contributed by atoms with E-state index in [0.717, 1.165) is 6.42 Å². The number of anilines is 3. The third-order valence-electron chi connectivity index (χ3n) is 12.5. The molecule has 5 aromatic rings. The molecule has 1 heteroatoms. The quantitative estimate of drug-likeness (QED) is 0.0725. The lowest BCUT2D eigenvalue weighted by atomic mass is 9.70. The van der Waals surface area contributed by atoms with Crippen LogP contribution >= 0.6 is 0 Å². The first-order valence-electron chi connectivity index (χ1n) is 21.7. The minimum Gasteiger partial charge on any atom is -0.311 e. The Hall–Kier alpha value is -4.10. The summed E-state index contributed by atoms with van der Waals surface area (Å²) in [6.07, 6.45) is 19.8. The van der Waals surface area contributed by atoms with E-state index < -0.39 is 0 Å². The maximum Gasteiger partial charge on any atom is 0.0462 e. The second-order valence-corrected chi connectivity index (χ2v) is 16.5. The van der Waals surface area contributed by atoms with Crippen molar-refractivity contribution < 1.29 is 0 Å². The van der Waals surface area contributed by atoms with E-state index in [-0.39, 0.29) is 5.41 Å². The van der Waals surface area contributed by atoms with Gasteiger partial charge < -0.3 is 4.90 Å². The van der Waals surface area contributed by atoms with Gasteiger partial charge in [0, 0.05) is 22.5 Å². The van der Waals surface area contributed by atoms with Crippen LogP contribution in [0.15, 0.2) is 109 Å². The van der Waals surface area contributed by atoms with Crippen LogP contribution in [0.3, 0.4) is 0 Å². The van der Waals surface area contributed by atoms with Crippen LogP contribution in [0.1, 0.15) is 158 Å². The van der Waals surface area contributed by atoms with E-state index in [4.69, 9.17) is 0 Å². The molecule has 0 spiro atoms. The van der Waals surface area contributed by atoms with Crippen LogP contribution in [-0.2, 0) is 5.41 Å². The van der Waals surface area contributed by atoms with E-state index in [0.29, 0.717) is 5.92 Å². The molecule has 0 saturated heterocycles. The number of unbranched alkanes of at least 4 members (excludes halogenated alkanes) is 10. The van der Waals surface area contributed by atoms with Gasteiger partial charge in [-0.05, 0) is 120 Å². The molecule has 6 rings (SSSR count). The fourth-order valence-electron chi connectivity index (χ4n) is 9.00. The third kappa shape index (κ3) is 9.05. The normalized spacial score (nSPS) is 13.4. The topological polar surface area (TPSA) is 3.24 Å². The summed E-state index contributed by atoms with van der Waals surface area (Å²) in [5.74, 6) is 0.561. The maximum atomic E-state index is 2.60. The van der Waals surface area contributed by atoms with Crippen LogP contribution in [0.5, 0.6) is 0 Å². The fraction of sp³-hybridized carbons (Fsp3) is 0.434. The Labute approximate surface area is 329 Å². The van der Waals surface area contributed by atoms with Crippen molar-refractivity contribution in [1.29, 1.82) is 0 Å². The third-order valence-corrected chi connectivity index (χ3v) is 12.5. The van der Waals surface area contributed by atoms with Gasteiger partial charge in [-0.3, -0.25) is 0 Å². The molecule has 1 atom stereocenters. The molecule has 1 nitrogen and oxygen atoms in total. The Balaban J connectivity index is 1.34. The summed E-state index contributed by atoms with van der Waals surface area (Å²) in [6.45, 7) is 13.7. The van der Waals surface area contributed by atoms with E-state index in [1.807, 2.05) is 0 Å². The van der Waals surface area contributed by atoms with Crippen molar-refractivity contribution in [3.05, 3.63) is 137 Å². The van der Waals surface area contributed by atoms with Gasteiger partial charge in [-0.25, -0.2) is 0 Å². The molecule has 0 unspecified atom stereocenters. The Morgan fingerprint density at radius 2 is 0.907 bits per heavy atom. The summed E-state index contributed by atoms with van der Waals surface area (Å²) in [5.41, 5.74) is 16.5. The number of nitrogens with zero attached hydrogens (tertiary/aromatic N) is 1. The number of rotatable bonds is 20. The van der Waals surface area contributed by atoms with Gasteiger partial charge in [-0.2, -0.15) is 0 Å². The molecule has 0 fully saturated rings. The molecule has 0 N–H and O–H groups in total. The minimum atomic E-state index is 0.0891. The molecule has 5 aromatic carbocycles. The highest BCUT2D eigenvalue weighted by molar-refractivity contribution is 5.85. The zero-order valence-electron chi connectivity index (χ0n) is 34.5. The number of hydrogen-bond acceptors (Lipinski definition) is 1. The molecule has 0 heterocycles. The molecule has 0 radical (unpaired) electrons. The van der Waals surface area contributed by atoms with Gasteiger partial charge in [0.25, 0.3) is 0 Å². The van der Waals surface area contributed by atoms with E-state index in [1.54, 1.807) is 11.1 Å². The smallest absolute Gasteiger partial charge is 0.0462 e. The summed E-state index contributed by atoms with van der Waals surface area (Å²) in [5, 5.41) is 0. The molecule has 0 aliphatic heterocycles. The SMILES string of the molecule is CCCCCCCCC1(CCCCCCCC)c2cc(C)ccc2-c2ccc(-c3ccc(N(c4ccc(C)cc4)c4ccc([C@@H](C)CC)cc4)cc3)cc21. The average Bonchev–Trinajstić information content (AvgIpc) is 3.46. The molecule has 1 aliphatic rings. The predicted octanol–water partition coefficient (Wildman–Crippen LogP) is 16.7. The molecular weight excluding hydrogens is 651 g/mol. The number of hydrogen-bond donors (Lipinski definition) is 0. The zero-order chi connectivity index (χ0) is 37.9. The molecule has 0 amide bonds. The molecule has 284 valence electrons. The van der Waals surface area contributed by atoms with Crippen molar-refractivity contribution in [3.63, 3.8) is 0 Å². The van der Waals surface area contributed by atoms with Gasteiger partial charge in [0.2, 0.25) is 0 Å². The zero-order valence-corrected chi connectivity index (χ0v) is 34.5. The summed E-state index contributed by atoms with van der Waals surface area (Å²) < 4.78 is 0. The predicted molar refractivity (Wildman–Crippen MR) is 237 cm³/mol. The Bertz CT molecular complexity index is 1880. The van der Waals surface area contributed by atoms with E-state index in [9.17, 15) is 0 Å². The van der Waals surface area contributed by atoms with Crippen molar-refractivity contribution in [2.24, 2.45) is 0 Å². The molecular formula is C53H67N. The van der Waals surface area contributed by atoms with E-state index in [1.165, 1.54) is 146 Å². The minimum absolute atomic E-state index is 0.0891. The number of benzene rings is 5. The maximum absolute atomic E-state index is 2.60. The molecule has 0 bridgehead atoms. The first-order valence-corrected chi connectivity index (χ1v) is 21.7. The van der Waals surface area contributed by atoms with Crippen LogP contribution in [0.25, 0.3) is 22.3 Å². The van der Waals surface area contributed by atoms with Crippen molar-refractivity contribution in [1.82, 2.24) is 0 Å². The summed E-state index contributed by atoms with van der Waals surface area (Å²) in [4.78, 5) is 2.40. The van der Waals surface area contributed by atoms with Crippen LogP contribution in [0.4, 0.5) is 17.1 Å². The Morgan fingerprint density at radius 1 is 0.463 bits per heavy atom. The van der Waals surface area contributed by atoms with Gasteiger partial charge in [-0.15, -0.1) is 0 Å². The summed E-state index contributed by atoms with van der Waals surface area (Å²) in [7, 11) is 0. The first-order chi connectivity index (χ1) is 26.4. The molecule has 0 aromatic heterocycles. The van der Waals surface area contributed by atoms with Crippen LogP contribution in [0.2, 0.25) is 0 Å². The monoisotopic (exact) mass is 718 g/mol. The van der Waals surface area contributed by atoms with Gasteiger partial charge in [-0.1, -0.05) is 183 Å². The number of fused-ring (bicyclic) bond motifs is 3. The summed E-state index contributed by atoms with van der Waals surface area (Å²) in [6, 6.07) is 42.2. The van der Waals surface area contributed by atoms with Crippen LogP contribution < -0.4 is 4.90 Å². The molecule has 1 aliphatic carbocycles. The van der Waals surface area contributed by atoms with Gasteiger partial charge >= 0.3 is 0 Å². The second kappa shape index (κ2) is 19.0. The van der Waals surface area contributed by atoms with Gasteiger partial charge in [0.15, 0.2) is 0 Å². The standard InChI is InChI=1S/C53H67N/c1-7-10-12-14-16-18-36-53(37-19-17-15-13-11-8-2)51-38-41(5)22-34-49(51)50-35-27-45(39-52(50)53)44-25-32-48(33-26-44)54(46-28-20-40(4)21-29-46)47-30-23-43(24-31-47)42(6)9-3/h20-35,38-39,42H,7-19,36-37H2,1-6H3/t42-/m0/s1. The van der Waals surface area contributed by atoms with Crippen molar-refractivity contribution in [3.8, 4) is 22.3 Å². The van der Waals surface area contributed by atoms with Gasteiger partial charge in [0.05, 0.1) is 0 Å². The summed E-state index contributed by atoms with van der Waals surface area (Å²) >= 11 is 0. The second-order valence-electron chi connectivity index (χ2n) is 16.5. The van der Waals surface area contributed by atoms with Crippen molar-refractivity contribution >= 4 is 17.1 Å². The molecule has 0 saturated carbocycles. The average molecular weight is 718 g/mol. The molecule has 54 heavy (non-hydrogen) atoms.